The van der Waals surface area contributed by atoms with Crippen molar-refractivity contribution in [2.75, 3.05) is 11.9 Å². The maximum atomic E-state index is 13.2. The van der Waals surface area contributed by atoms with Crippen LogP contribution < -0.4 is 4.90 Å². The molecule has 2 aromatic heterocycles. The van der Waals surface area contributed by atoms with Gasteiger partial charge in [-0.3, -0.25) is 9.78 Å². The molecule has 1 unspecified atom stereocenters. The van der Waals surface area contributed by atoms with Crippen molar-refractivity contribution in [2.24, 2.45) is 0 Å². The predicted molar refractivity (Wildman–Crippen MR) is 85.6 cm³/mol. The van der Waals surface area contributed by atoms with E-state index in [4.69, 9.17) is 0 Å². The Bertz CT molecular complexity index is 705. The highest BCUT2D eigenvalue weighted by atomic mass is 32.1. The van der Waals surface area contributed by atoms with Gasteiger partial charge in [0.2, 0.25) is 11.2 Å². The zero-order valence-electron chi connectivity index (χ0n) is 12.4. The Labute approximate surface area is 135 Å². The van der Waals surface area contributed by atoms with Gasteiger partial charge in [0.25, 0.3) is 0 Å². The topological polar surface area (TPSA) is 63.2 Å². The van der Waals surface area contributed by atoms with Crippen LogP contribution in [-0.4, -0.2) is 28.2 Å². The number of amides is 1. The maximum absolute atomic E-state index is 13.2. The molecule has 0 bridgehead atoms. The van der Waals surface area contributed by atoms with E-state index in [0.717, 1.165) is 6.20 Å². The van der Waals surface area contributed by atoms with Crippen LogP contribution in [0.4, 0.5) is 9.39 Å². The van der Waals surface area contributed by atoms with Gasteiger partial charge in [0, 0.05) is 23.0 Å². The van der Waals surface area contributed by atoms with E-state index in [1.807, 2.05) is 0 Å². The Hall–Kier alpha value is -1.80. The van der Waals surface area contributed by atoms with Gasteiger partial charge in [0.1, 0.15) is 15.8 Å². The molecule has 0 spiro atoms. The molecule has 0 aliphatic heterocycles. The van der Waals surface area contributed by atoms with Crippen molar-refractivity contribution in [1.82, 2.24) is 9.97 Å². The zero-order valence-corrected chi connectivity index (χ0v) is 14.0. The largest absolute Gasteiger partial charge is 0.462 e. The van der Waals surface area contributed by atoms with Gasteiger partial charge in [-0.05, 0) is 19.9 Å². The summed E-state index contributed by atoms with van der Waals surface area (Å²) >= 11 is 1.71. The van der Waals surface area contributed by atoms with Gasteiger partial charge in [-0.2, -0.15) is 0 Å². The van der Waals surface area contributed by atoms with E-state index in [-0.39, 0.29) is 17.6 Å². The van der Waals surface area contributed by atoms with Crippen molar-refractivity contribution in [3.8, 4) is 10.6 Å². The molecule has 8 heteroatoms. The number of rotatable bonds is 5. The first-order chi connectivity index (χ1) is 10.4. The molecule has 0 aromatic carbocycles. The molecule has 0 N–H and O–H groups in total. The summed E-state index contributed by atoms with van der Waals surface area (Å²) in [5.41, 5.74) is 1.26. The second-order valence-corrected chi connectivity index (χ2v) is 6.84. The van der Waals surface area contributed by atoms with Crippen LogP contribution in [0.15, 0.2) is 18.5 Å². The highest BCUT2D eigenvalue weighted by Crippen LogP contribution is 2.34. The number of anilines is 1. The smallest absolute Gasteiger partial charge is 0.305 e. The predicted octanol–water partition coefficient (Wildman–Crippen LogP) is 2.82. The van der Waals surface area contributed by atoms with E-state index < -0.39 is 5.82 Å². The van der Waals surface area contributed by atoms with Crippen LogP contribution in [0.3, 0.4) is 0 Å². The minimum atomic E-state index is -0.433. The Morgan fingerprint density at radius 3 is 2.86 bits per heavy atom. The van der Waals surface area contributed by atoms with Gasteiger partial charge in [-0.1, -0.05) is 11.3 Å². The van der Waals surface area contributed by atoms with Crippen molar-refractivity contribution < 1.29 is 13.4 Å². The molecule has 1 atom stereocenters. The first kappa shape index (κ1) is 16.6. The highest BCUT2D eigenvalue weighted by molar-refractivity contribution is 7.66. The summed E-state index contributed by atoms with van der Waals surface area (Å²) in [6.07, 6.45) is 2.82. The first-order valence-corrected chi connectivity index (χ1v) is 8.18. The molecule has 2 heterocycles. The molecule has 0 fully saturated rings. The highest BCUT2D eigenvalue weighted by Gasteiger charge is 2.25. The second kappa shape index (κ2) is 6.97. The van der Waals surface area contributed by atoms with E-state index in [0.29, 0.717) is 32.9 Å². The number of thiazole rings is 1. The molecule has 0 aliphatic carbocycles. The average molecular weight is 340 g/mol. The lowest BCUT2D eigenvalue weighted by Gasteiger charge is -2.14. The van der Waals surface area contributed by atoms with E-state index in [2.05, 4.69) is 9.97 Å². The maximum Gasteiger partial charge on any atom is 0.462 e. The third-order valence-electron chi connectivity index (χ3n) is 3.03. The lowest BCUT2D eigenvalue weighted by atomic mass is 10.3. The van der Waals surface area contributed by atoms with Crippen molar-refractivity contribution in [1.29, 1.82) is 0 Å². The minimum Gasteiger partial charge on any atom is -0.305 e. The molecule has 0 radical (unpaired) electrons. The third kappa shape index (κ3) is 3.69. The van der Waals surface area contributed by atoms with Gasteiger partial charge in [0.15, 0.2) is 0 Å². The van der Waals surface area contributed by atoms with E-state index >= 15 is 0 Å². The summed E-state index contributed by atoms with van der Waals surface area (Å²) < 4.78 is 24.0. The molecular weight excluding hydrogens is 325 g/mol. The van der Waals surface area contributed by atoms with Crippen LogP contribution in [-0.2, 0) is 20.7 Å². The number of halogens is 1. The number of aryl methyl sites for hydroxylation is 1. The van der Waals surface area contributed by atoms with Crippen molar-refractivity contribution >= 4 is 33.9 Å². The summed E-state index contributed by atoms with van der Waals surface area (Å²) in [5.74, 6) is -0.579. The normalized spacial score (nSPS) is 12.0. The van der Waals surface area contributed by atoms with Crippen molar-refractivity contribution in [3.63, 3.8) is 0 Å². The standard InChI is InChI=1S/C14H15FN3O2S2/c1-8(22-20)4-12(19)18(3)14-9(2)17-13(21-14)10-5-11(15)7-16-6-10/h5-8H,4H2,1-3H3/q+1. The average Bonchev–Trinajstić information content (AvgIpc) is 2.88. The van der Waals surface area contributed by atoms with Gasteiger partial charge in [-0.15, -0.1) is 0 Å². The quantitative estimate of drug-likeness (QED) is 0.785. The lowest BCUT2D eigenvalue weighted by Crippen LogP contribution is -2.28. The molecule has 22 heavy (non-hydrogen) atoms. The number of nitrogens with zero attached hydrogens (tertiary/aromatic N) is 3. The number of carbonyl (C=O) groups is 1. The number of hydrogen-bond donors (Lipinski definition) is 0. The zero-order chi connectivity index (χ0) is 16.3. The van der Waals surface area contributed by atoms with E-state index in [1.165, 1.54) is 28.5 Å². The van der Waals surface area contributed by atoms with Crippen LogP contribution in [0.1, 0.15) is 19.0 Å². The molecule has 5 nitrogen and oxygen atoms in total. The fraction of sp³-hybridized carbons (Fsp3) is 0.357. The fourth-order valence-electron chi connectivity index (χ4n) is 1.88. The van der Waals surface area contributed by atoms with Gasteiger partial charge < -0.3 is 4.90 Å². The summed E-state index contributed by atoms with van der Waals surface area (Å²) in [4.78, 5) is 21.8. The van der Waals surface area contributed by atoms with Crippen LogP contribution >= 0.6 is 11.3 Å². The Kier molecular flexibility index (Phi) is 5.25. The molecule has 0 aliphatic rings. The molecule has 2 aromatic rings. The molecular formula is C14H15FN3O2S2+. The molecule has 0 saturated carbocycles. The first-order valence-electron chi connectivity index (χ1n) is 6.56. The van der Waals surface area contributed by atoms with Crippen LogP contribution in [0.5, 0.6) is 0 Å². The monoisotopic (exact) mass is 340 g/mol. The van der Waals surface area contributed by atoms with Crippen molar-refractivity contribution in [3.05, 3.63) is 30.0 Å². The molecule has 1 amide bonds. The van der Waals surface area contributed by atoms with Crippen LogP contribution in [0.25, 0.3) is 10.6 Å². The second-order valence-electron chi connectivity index (χ2n) is 4.87. The number of hydrogen-bond acceptors (Lipinski definition) is 5. The van der Waals surface area contributed by atoms with Gasteiger partial charge in [0.05, 0.1) is 18.3 Å². The van der Waals surface area contributed by atoms with Crippen LogP contribution in [0, 0.1) is 12.7 Å². The lowest BCUT2D eigenvalue weighted by molar-refractivity contribution is -0.118. The van der Waals surface area contributed by atoms with E-state index in [9.17, 15) is 13.4 Å². The summed E-state index contributed by atoms with van der Waals surface area (Å²) in [6, 6.07) is 1.35. The summed E-state index contributed by atoms with van der Waals surface area (Å²) in [6.45, 7) is 3.50. The number of aromatic nitrogens is 2. The summed E-state index contributed by atoms with van der Waals surface area (Å²) in [7, 11) is 1.65. The molecule has 2 rings (SSSR count). The van der Waals surface area contributed by atoms with E-state index in [1.54, 1.807) is 20.9 Å². The number of carbonyl (C=O) groups excluding carboxylic acids is 1. The Morgan fingerprint density at radius 1 is 1.50 bits per heavy atom. The Balaban J connectivity index is 2.26. The van der Waals surface area contributed by atoms with Gasteiger partial charge in [-0.25, -0.2) is 9.37 Å². The number of pyridine rings is 1. The van der Waals surface area contributed by atoms with Crippen LogP contribution in [0.2, 0.25) is 0 Å². The fourth-order valence-corrected chi connectivity index (χ4v) is 3.12. The Morgan fingerprint density at radius 2 is 2.23 bits per heavy atom. The van der Waals surface area contributed by atoms with Gasteiger partial charge >= 0.3 is 11.7 Å². The molecule has 116 valence electrons. The minimum absolute atomic E-state index is 0.147. The third-order valence-corrected chi connectivity index (χ3v) is 4.81. The SMILES string of the molecule is Cc1nc(-c2cncc(F)c2)sc1N(C)C(=O)CC(C)[S+]=O. The van der Waals surface area contributed by atoms with Crippen molar-refractivity contribution in [2.45, 2.75) is 25.5 Å². The summed E-state index contributed by atoms with van der Waals surface area (Å²) in [5, 5.41) is 1.01. The molecule has 0 saturated heterocycles.